The molecule has 0 radical (unpaired) electrons. The fourth-order valence-corrected chi connectivity index (χ4v) is 1.16. The van der Waals surface area contributed by atoms with Crippen LogP contribution in [-0.4, -0.2) is 14.1 Å². The minimum absolute atomic E-state index is 0.144. The van der Waals surface area contributed by atoms with Crippen LogP contribution in [0.4, 0.5) is 4.39 Å². The normalized spacial score (nSPS) is 11.8. The summed E-state index contributed by atoms with van der Waals surface area (Å²) in [5.74, 6) is -0.144. The largest absolute Gasteiger partial charge is 0.372 e. The van der Waals surface area contributed by atoms with Crippen molar-refractivity contribution in [2.45, 2.75) is 27.1 Å². The van der Waals surface area contributed by atoms with Crippen LogP contribution in [-0.2, 0) is 18.0 Å². The minimum Gasteiger partial charge on any atom is -0.372 e. The lowest BCUT2D eigenvalue weighted by atomic mass is 10.1. The molecule has 0 aliphatic carbocycles. The third-order valence-electron chi connectivity index (χ3n) is 1.72. The molecule has 0 atom stereocenters. The van der Waals surface area contributed by atoms with E-state index in [1.807, 2.05) is 34.0 Å². The summed E-state index contributed by atoms with van der Waals surface area (Å²) in [6.07, 6.45) is 0. The number of ether oxygens (including phenoxy) is 1. The third kappa shape index (κ3) is 4.40. The molecule has 1 aliphatic heterocycles. The first-order chi connectivity index (χ1) is 7.29. The lowest BCUT2D eigenvalue weighted by Crippen LogP contribution is -1.89. The molecule has 1 aliphatic rings. The van der Waals surface area contributed by atoms with Crippen molar-refractivity contribution in [1.82, 2.24) is 5.32 Å². The van der Waals surface area contributed by atoms with E-state index in [0.29, 0.717) is 13.2 Å². The second kappa shape index (κ2) is 8.38. The summed E-state index contributed by atoms with van der Waals surface area (Å²) in [6.45, 7) is 5.00. The van der Waals surface area contributed by atoms with Gasteiger partial charge in [0.2, 0.25) is 0 Å². The highest BCUT2D eigenvalue weighted by atomic mass is 19.1. The molecule has 0 saturated heterocycles. The van der Waals surface area contributed by atoms with Crippen LogP contribution in [0.5, 0.6) is 0 Å². The Morgan fingerprint density at radius 2 is 1.80 bits per heavy atom. The van der Waals surface area contributed by atoms with E-state index < -0.39 is 0 Å². The van der Waals surface area contributed by atoms with Gasteiger partial charge in [-0.15, -0.1) is 0 Å². The van der Waals surface area contributed by atoms with Crippen molar-refractivity contribution in [2.24, 2.45) is 0 Å². The van der Waals surface area contributed by atoms with Crippen LogP contribution >= 0.6 is 0 Å². The molecule has 1 heterocycles. The first-order valence-corrected chi connectivity index (χ1v) is 5.22. The highest BCUT2D eigenvalue weighted by Crippen LogP contribution is 2.21. The van der Waals surface area contributed by atoms with E-state index in [1.165, 1.54) is 6.07 Å². The molecule has 0 spiro atoms. The molecule has 1 aromatic carbocycles. The predicted octanol–water partition coefficient (Wildman–Crippen LogP) is 2.72. The Labute approximate surface area is 91.5 Å². The van der Waals surface area contributed by atoms with Crippen LogP contribution < -0.4 is 5.32 Å². The molecule has 3 heteroatoms. The molecule has 1 aromatic rings. The third-order valence-corrected chi connectivity index (χ3v) is 1.72. The maximum Gasteiger partial charge on any atom is 0.129 e. The van der Waals surface area contributed by atoms with Crippen molar-refractivity contribution >= 4 is 0 Å². The van der Waals surface area contributed by atoms with Gasteiger partial charge in [-0.05, 0) is 25.7 Å². The number of fused-ring (bicyclic) bond motifs is 1. The number of benzene rings is 1. The molecule has 2 nitrogen and oxygen atoms in total. The molecule has 0 saturated carbocycles. The number of hydrogen-bond donors (Lipinski definition) is 1. The molecule has 0 unspecified atom stereocenters. The second-order valence-electron chi connectivity index (χ2n) is 2.87. The van der Waals surface area contributed by atoms with Crippen LogP contribution in [0.15, 0.2) is 18.2 Å². The van der Waals surface area contributed by atoms with Gasteiger partial charge in [0.25, 0.3) is 0 Å². The van der Waals surface area contributed by atoms with Crippen molar-refractivity contribution in [3.05, 3.63) is 35.1 Å². The average molecular weight is 213 g/mol. The summed E-state index contributed by atoms with van der Waals surface area (Å²) in [5.41, 5.74) is 1.71. The van der Waals surface area contributed by atoms with E-state index in [4.69, 9.17) is 4.74 Å². The van der Waals surface area contributed by atoms with Crippen LogP contribution in [0.1, 0.15) is 25.0 Å². The van der Waals surface area contributed by atoms with Crippen molar-refractivity contribution in [3.63, 3.8) is 0 Å². The summed E-state index contributed by atoms with van der Waals surface area (Å²) in [5, 5.41) is 2.75. The highest BCUT2D eigenvalue weighted by Gasteiger charge is 2.13. The van der Waals surface area contributed by atoms with Crippen LogP contribution in [0.3, 0.4) is 0 Å². The van der Waals surface area contributed by atoms with Gasteiger partial charge in [-0.25, -0.2) is 4.39 Å². The maximum atomic E-state index is 12.8. The monoisotopic (exact) mass is 213 g/mol. The lowest BCUT2D eigenvalue weighted by Gasteiger charge is -1.94. The van der Waals surface area contributed by atoms with E-state index in [-0.39, 0.29) is 5.82 Å². The Balaban J connectivity index is 0.000000342. The minimum atomic E-state index is -0.144. The first-order valence-electron chi connectivity index (χ1n) is 5.22. The van der Waals surface area contributed by atoms with E-state index in [2.05, 4.69) is 5.32 Å². The first kappa shape index (κ1) is 14.1. The predicted molar refractivity (Wildman–Crippen MR) is 61.2 cm³/mol. The van der Waals surface area contributed by atoms with Crippen LogP contribution in [0.25, 0.3) is 0 Å². The van der Waals surface area contributed by atoms with Gasteiger partial charge in [-0.1, -0.05) is 26.0 Å². The molecular formula is C12H20FNO. The van der Waals surface area contributed by atoms with Crippen molar-refractivity contribution in [2.75, 3.05) is 14.1 Å². The Morgan fingerprint density at radius 1 is 1.20 bits per heavy atom. The van der Waals surface area contributed by atoms with Gasteiger partial charge in [-0.2, -0.15) is 0 Å². The van der Waals surface area contributed by atoms with Gasteiger partial charge in [0.15, 0.2) is 0 Å². The van der Waals surface area contributed by atoms with E-state index in [1.54, 1.807) is 6.07 Å². The zero-order chi connectivity index (χ0) is 11.7. The SMILES string of the molecule is CC.CNC.Fc1cccc2c1COC2. The molecular weight excluding hydrogens is 193 g/mol. The topological polar surface area (TPSA) is 21.3 Å². The molecule has 1 N–H and O–H groups in total. The number of nitrogens with one attached hydrogen (secondary N) is 1. The molecule has 2 rings (SSSR count). The van der Waals surface area contributed by atoms with Crippen LogP contribution in [0.2, 0.25) is 0 Å². The quantitative estimate of drug-likeness (QED) is 0.715. The van der Waals surface area contributed by atoms with Gasteiger partial charge >= 0.3 is 0 Å². The van der Waals surface area contributed by atoms with Gasteiger partial charge in [-0.3, -0.25) is 0 Å². The number of halogens is 1. The molecule has 86 valence electrons. The summed E-state index contributed by atoms with van der Waals surface area (Å²) in [7, 11) is 3.75. The smallest absolute Gasteiger partial charge is 0.129 e. The average Bonchev–Trinajstić information content (AvgIpc) is 2.71. The fraction of sp³-hybridized carbons (Fsp3) is 0.500. The Kier molecular flexibility index (Phi) is 7.86. The zero-order valence-corrected chi connectivity index (χ0v) is 9.93. The molecule has 0 bridgehead atoms. The van der Waals surface area contributed by atoms with Crippen molar-refractivity contribution < 1.29 is 9.13 Å². The number of hydrogen-bond acceptors (Lipinski definition) is 2. The molecule has 0 amide bonds. The van der Waals surface area contributed by atoms with E-state index >= 15 is 0 Å². The van der Waals surface area contributed by atoms with E-state index in [0.717, 1.165) is 11.1 Å². The molecule has 15 heavy (non-hydrogen) atoms. The van der Waals surface area contributed by atoms with E-state index in [9.17, 15) is 4.39 Å². The Hall–Kier alpha value is -0.930. The maximum absolute atomic E-state index is 12.8. The lowest BCUT2D eigenvalue weighted by molar-refractivity contribution is 0.133. The Bertz CT molecular complexity index is 276. The van der Waals surface area contributed by atoms with Gasteiger partial charge in [0.05, 0.1) is 13.2 Å². The summed E-state index contributed by atoms with van der Waals surface area (Å²) < 4.78 is 17.9. The fourth-order valence-electron chi connectivity index (χ4n) is 1.16. The Morgan fingerprint density at radius 3 is 2.33 bits per heavy atom. The number of rotatable bonds is 0. The van der Waals surface area contributed by atoms with Gasteiger partial charge in [0, 0.05) is 5.56 Å². The zero-order valence-electron chi connectivity index (χ0n) is 9.93. The second-order valence-corrected chi connectivity index (χ2v) is 2.87. The van der Waals surface area contributed by atoms with Crippen LogP contribution in [0, 0.1) is 5.82 Å². The standard InChI is InChI=1S/C8H7FO.C2H7N.C2H6/c9-8-3-1-2-6-4-10-5-7(6)8;1-3-2;1-2/h1-3H,4-5H2;3H,1-2H3;1-2H3. The molecule has 0 aromatic heterocycles. The summed E-state index contributed by atoms with van der Waals surface area (Å²) in [6, 6.07) is 5.07. The summed E-state index contributed by atoms with van der Waals surface area (Å²) in [4.78, 5) is 0. The van der Waals surface area contributed by atoms with Gasteiger partial charge < -0.3 is 10.1 Å². The highest BCUT2D eigenvalue weighted by molar-refractivity contribution is 5.29. The van der Waals surface area contributed by atoms with Crippen molar-refractivity contribution in [3.8, 4) is 0 Å². The van der Waals surface area contributed by atoms with Crippen molar-refractivity contribution in [1.29, 1.82) is 0 Å². The summed E-state index contributed by atoms with van der Waals surface area (Å²) >= 11 is 0. The molecule has 0 fully saturated rings. The van der Waals surface area contributed by atoms with Gasteiger partial charge in [0.1, 0.15) is 5.82 Å².